The summed E-state index contributed by atoms with van der Waals surface area (Å²) in [7, 11) is 4.54. The minimum absolute atomic E-state index is 0.0239. The first-order valence-corrected chi connectivity index (χ1v) is 10.5. The van der Waals surface area contributed by atoms with Gasteiger partial charge in [0.1, 0.15) is 5.75 Å². The lowest BCUT2D eigenvalue weighted by Crippen LogP contribution is -2.38. The van der Waals surface area contributed by atoms with E-state index in [-0.39, 0.29) is 36.4 Å². The number of methoxy groups -OCH3 is 1. The fraction of sp³-hybridized carbons (Fsp3) is 0.455. The fourth-order valence-corrected chi connectivity index (χ4v) is 3.31. The predicted octanol–water partition coefficient (Wildman–Crippen LogP) is 1.06. The summed E-state index contributed by atoms with van der Waals surface area (Å²) >= 11 is 0. The zero-order valence-electron chi connectivity index (χ0n) is 19.7. The molecule has 3 aromatic rings. The van der Waals surface area contributed by atoms with E-state index in [1.54, 1.807) is 7.11 Å². The number of nitrogens with one attached hydrogen (secondary N) is 1. The number of hydrogen-bond donors (Lipinski definition) is 2. The molecule has 11 nitrogen and oxygen atoms in total. The summed E-state index contributed by atoms with van der Waals surface area (Å²) in [5.74, 6) is 0.954. The molecule has 11 heteroatoms. The molecule has 0 amide bonds. The summed E-state index contributed by atoms with van der Waals surface area (Å²) in [6.07, 6.45) is -0.957. The monoisotopic (exact) mass is 458 g/mol. The van der Waals surface area contributed by atoms with Crippen molar-refractivity contribution in [3.05, 3.63) is 50.7 Å². The number of benzene rings is 1. The van der Waals surface area contributed by atoms with Gasteiger partial charge in [0.25, 0.3) is 5.56 Å². The Morgan fingerprint density at radius 3 is 2.45 bits per heavy atom. The summed E-state index contributed by atoms with van der Waals surface area (Å²) < 4.78 is 14.5. The van der Waals surface area contributed by atoms with Crippen LogP contribution in [0.25, 0.3) is 11.2 Å². The van der Waals surface area contributed by atoms with Crippen LogP contribution >= 0.6 is 0 Å². The average Bonchev–Trinajstić information content (AvgIpc) is 3.16. The van der Waals surface area contributed by atoms with Crippen molar-refractivity contribution < 1.29 is 14.6 Å². The second-order valence-electron chi connectivity index (χ2n) is 8.00. The standard InChI is InChI=1S/C22H30N6O5/c1-13(2)33-12-16(29)11-28-18-19(26(4)22(31)27(5)20(18)30)23-21(28)25-24-14(3)15-7-9-17(32-6)10-8-15/h7-10,13,16,29H,11-12H2,1-6H3,(H,23,25)/b24-14+. The van der Waals surface area contributed by atoms with Gasteiger partial charge in [-0.15, -0.1) is 0 Å². The van der Waals surface area contributed by atoms with Crippen LogP contribution in [0.5, 0.6) is 5.75 Å². The maximum Gasteiger partial charge on any atom is 0.332 e. The average molecular weight is 459 g/mol. The van der Waals surface area contributed by atoms with Gasteiger partial charge in [0.2, 0.25) is 5.95 Å². The molecule has 0 radical (unpaired) electrons. The maximum atomic E-state index is 12.9. The van der Waals surface area contributed by atoms with E-state index in [0.717, 1.165) is 15.9 Å². The van der Waals surface area contributed by atoms with E-state index in [1.807, 2.05) is 45.0 Å². The van der Waals surface area contributed by atoms with Gasteiger partial charge in [0, 0.05) is 14.1 Å². The first kappa shape index (κ1) is 24.2. The second kappa shape index (κ2) is 10.0. The summed E-state index contributed by atoms with van der Waals surface area (Å²) in [6.45, 7) is 5.66. The Labute approximate surface area is 190 Å². The molecule has 2 N–H and O–H groups in total. The molecule has 3 rings (SSSR count). The van der Waals surface area contributed by atoms with E-state index in [4.69, 9.17) is 9.47 Å². The van der Waals surface area contributed by atoms with E-state index < -0.39 is 17.4 Å². The summed E-state index contributed by atoms with van der Waals surface area (Å²) in [4.78, 5) is 29.7. The number of fused-ring (bicyclic) bond motifs is 1. The highest BCUT2D eigenvalue weighted by Gasteiger charge is 2.21. The van der Waals surface area contributed by atoms with Gasteiger partial charge in [0.05, 0.1) is 38.2 Å². The van der Waals surface area contributed by atoms with Crippen molar-refractivity contribution in [2.24, 2.45) is 19.2 Å². The van der Waals surface area contributed by atoms with Gasteiger partial charge in [-0.05, 0) is 50.6 Å². The lowest BCUT2D eigenvalue weighted by molar-refractivity contribution is -0.000110. The molecule has 33 heavy (non-hydrogen) atoms. The SMILES string of the molecule is COc1ccc(/C(C)=N/Nc2nc3c(c(=O)n(C)c(=O)n3C)n2CC(O)COC(C)C)cc1. The Kier molecular flexibility index (Phi) is 7.34. The molecular formula is C22H30N6O5. The number of imidazole rings is 1. The molecule has 2 aromatic heterocycles. The molecular weight excluding hydrogens is 428 g/mol. The van der Waals surface area contributed by atoms with Crippen LogP contribution in [0.1, 0.15) is 26.3 Å². The molecule has 0 aliphatic carbocycles. The first-order valence-electron chi connectivity index (χ1n) is 10.5. The quantitative estimate of drug-likeness (QED) is 0.363. The van der Waals surface area contributed by atoms with Gasteiger partial charge in [-0.1, -0.05) is 0 Å². The number of ether oxygens (including phenoxy) is 2. The van der Waals surface area contributed by atoms with Crippen LogP contribution in [-0.4, -0.2) is 55.4 Å². The number of nitrogens with zero attached hydrogens (tertiary/aromatic N) is 5. The third-order valence-electron chi connectivity index (χ3n) is 5.19. The molecule has 0 aliphatic heterocycles. The normalized spacial score (nSPS) is 13.0. The summed E-state index contributed by atoms with van der Waals surface area (Å²) in [5, 5.41) is 14.9. The molecule has 2 heterocycles. The highest BCUT2D eigenvalue weighted by molar-refractivity contribution is 5.99. The minimum Gasteiger partial charge on any atom is -0.497 e. The number of rotatable bonds is 9. The molecule has 0 saturated heterocycles. The van der Waals surface area contributed by atoms with Crippen LogP contribution in [0.15, 0.2) is 39.0 Å². The van der Waals surface area contributed by atoms with Crippen molar-refractivity contribution in [1.29, 1.82) is 0 Å². The molecule has 178 valence electrons. The smallest absolute Gasteiger partial charge is 0.332 e. The number of aliphatic hydroxyl groups excluding tert-OH is 1. The number of anilines is 1. The molecule has 0 aliphatic rings. The number of hydrazone groups is 1. The molecule has 1 aromatic carbocycles. The van der Waals surface area contributed by atoms with Crippen molar-refractivity contribution in [2.45, 2.75) is 39.5 Å². The third kappa shape index (κ3) is 5.15. The van der Waals surface area contributed by atoms with Crippen LogP contribution in [0.2, 0.25) is 0 Å². The molecule has 0 saturated carbocycles. The van der Waals surface area contributed by atoms with Crippen molar-refractivity contribution in [3.63, 3.8) is 0 Å². The molecule has 1 atom stereocenters. The van der Waals surface area contributed by atoms with E-state index in [2.05, 4.69) is 15.5 Å². The largest absolute Gasteiger partial charge is 0.497 e. The van der Waals surface area contributed by atoms with Crippen molar-refractivity contribution in [1.82, 2.24) is 18.7 Å². The summed E-state index contributed by atoms with van der Waals surface area (Å²) in [5.41, 5.74) is 3.79. The number of aliphatic hydroxyl groups is 1. The fourth-order valence-electron chi connectivity index (χ4n) is 3.31. The highest BCUT2D eigenvalue weighted by Crippen LogP contribution is 2.18. The van der Waals surface area contributed by atoms with E-state index in [1.165, 1.54) is 23.2 Å². The Morgan fingerprint density at radius 2 is 1.85 bits per heavy atom. The Balaban J connectivity index is 2.03. The molecule has 0 fully saturated rings. The number of aromatic nitrogens is 4. The van der Waals surface area contributed by atoms with Gasteiger partial charge >= 0.3 is 5.69 Å². The minimum atomic E-state index is -0.904. The van der Waals surface area contributed by atoms with E-state index >= 15 is 0 Å². The van der Waals surface area contributed by atoms with Crippen molar-refractivity contribution in [3.8, 4) is 5.75 Å². The number of hydrogen-bond acceptors (Lipinski definition) is 8. The maximum absolute atomic E-state index is 12.9. The van der Waals surface area contributed by atoms with Gasteiger partial charge in [0.15, 0.2) is 11.2 Å². The zero-order chi connectivity index (χ0) is 24.3. The second-order valence-corrected chi connectivity index (χ2v) is 8.00. The van der Waals surface area contributed by atoms with E-state index in [0.29, 0.717) is 5.71 Å². The first-order chi connectivity index (χ1) is 15.6. The van der Waals surface area contributed by atoms with Gasteiger partial charge in [-0.25, -0.2) is 10.2 Å². The molecule has 1 unspecified atom stereocenters. The lowest BCUT2D eigenvalue weighted by atomic mass is 10.1. The van der Waals surface area contributed by atoms with Crippen LogP contribution in [0.4, 0.5) is 5.95 Å². The van der Waals surface area contributed by atoms with Crippen LogP contribution in [0.3, 0.4) is 0 Å². The van der Waals surface area contributed by atoms with Crippen molar-refractivity contribution >= 4 is 22.8 Å². The highest BCUT2D eigenvalue weighted by atomic mass is 16.5. The molecule has 0 spiro atoms. The van der Waals surface area contributed by atoms with Crippen LogP contribution in [0, 0.1) is 0 Å². The Morgan fingerprint density at radius 1 is 1.18 bits per heavy atom. The zero-order valence-corrected chi connectivity index (χ0v) is 19.7. The third-order valence-corrected chi connectivity index (χ3v) is 5.19. The van der Waals surface area contributed by atoms with Crippen LogP contribution < -0.4 is 21.4 Å². The predicted molar refractivity (Wildman–Crippen MR) is 126 cm³/mol. The topological polar surface area (TPSA) is 125 Å². The van der Waals surface area contributed by atoms with E-state index in [9.17, 15) is 14.7 Å². The lowest BCUT2D eigenvalue weighted by Gasteiger charge is -2.16. The van der Waals surface area contributed by atoms with Gasteiger partial charge in [-0.2, -0.15) is 10.1 Å². The molecule has 0 bridgehead atoms. The van der Waals surface area contributed by atoms with Crippen molar-refractivity contribution in [2.75, 3.05) is 19.1 Å². The van der Waals surface area contributed by atoms with Crippen LogP contribution in [-0.2, 0) is 25.4 Å². The van der Waals surface area contributed by atoms with Gasteiger partial charge in [-0.3, -0.25) is 13.9 Å². The summed E-state index contributed by atoms with van der Waals surface area (Å²) in [6, 6.07) is 7.39. The number of aryl methyl sites for hydroxylation is 1. The Bertz CT molecular complexity index is 1270. The Hall–Kier alpha value is -3.44. The van der Waals surface area contributed by atoms with Gasteiger partial charge < -0.3 is 19.1 Å².